The van der Waals surface area contributed by atoms with Gasteiger partial charge in [0.15, 0.2) is 0 Å². The number of aryl methyl sites for hydroxylation is 2. The second-order valence-electron chi connectivity index (χ2n) is 4.71. The first kappa shape index (κ1) is 12.8. The van der Waals surface area contributed by atoms with Crippen LogP contribution in [-0.2, 0) is 0 Å². The van der Waals surface area contributed by atoms with Gasteiger partial charge in [-0.25, -0.2) is 0 Å². The highest BCUT2D eigenvalue weighted by Gasteiger charge is 2.08. The van der Waals surface area contributed by atoms with Gasteiger partial charge in [-0.1, -0.05) is 47.1 Å². The van der Waals surface area contributed by atoms with E-state index in [2.05, 4.69) is 64.6 Å². The van der Waals surface area contributed by atoms with Crippen LogP contribution >= 0.6 is 0 Å². The summed E-state index contributed by atoms with van der Waals surface area (Å²) in [7, 11) is 0. The first-order valence-electron chi connectivity index (χ1n) is 5.88. The quantitative estimate of drug-likeness (QED) is 0.623. The summed E-state index contributed by atoms with van der Waals surface area (Å²) in [5, 5.41) is 0. The van der Waals surface area contributed by atoms with Crippen molar-refractivity contribution in [1.82, 2.24) is 0 Å². The molecule has 0 spiro atoms. The minimum atomic E-state index is 0.473. The van der Waals surface area contributed by atoms with Crippen LogP contribution in [0.5, 0.6) is 0 Å². The van der Waals surface area contributed by atoms with E-state index in [0.717, 1.165) is 6.42 Å². The Kier molecular flexibility index (Phi) is 4.54. The third kappa shape index (κ3) is 3.69. The highest BCUT2D eigenvalue weighted by atomic mass is 14.1. The molecule has 0 aromatic heterocycles. The van der Waals surface area contributed by atoms with Gasteiger partial charge < -0.3 is 0 Å². The molecular weight excluding hydrogens is 192 g/mol. The summed E-state index contributed by atoms with van der Waals surface area (Å²) in [6.07, 6.45) is 5.43. The molecule has 1 rings (SSSR count). The molecule has 0 fully saturated rings. The van der Waals surface area contributed by atoms with E-state index in [0.29, 0.717) is 5.92 Å². The molecule has 0 heterocycles. The Morgan fingerprint density at radius 1 is 1.25 bits per heavy atom. The minimum absolute atomic E-state index is 0.473. The van der Waals surface area contributed by atoms with Crippen molar-refractivity contribution in [2.24, 2.45) is 0 Å². The summed E-state index contributed by atoms with van der Waals surface area (Å²) < 4.78 is 0. The molecule has 0 radical (unpaired) electrons. The lowest BCUT2D eigenvalue weighted by molar-refractivity contribution is 0.823. The first-order valence-corrected chi connectivity index (χ1v) is 5.88. The molecule has 0 aliphatic rings. The predicted molar refractivity (Wildman–Crippen MR) is 72.9 cm³/mol. The predicted octanol–water partition coefficient (Wildman–Crippen LogP) is 4.93. The first-order chi connectivity index (χ1) is 7.52. The van der Waals surface area contributed by atoms with Crippen molar-refractivity contribution in [3.05, 3.63) is 59.2 Å². The van der Waals surface area contributed by atoms with E-state index in [1.54, 1.807) is 0 Å². The SMILES string of the molecule is C=C(C)CC(C=CC)c1cc(C)cc(C)c1. The van der Waals surface area contributed by atoms with Crippen molar-refractivity contribution in [3.8, 4) is 0 Å². The van der Waals surface area contributed by atoms with Crippen molar-refractivity contribution in [2.75, 3.05) is 0 Å². The maximum absolute atomic E-state index is 4.01. The van der Waals surface area contributed by atoms with Gasteiger partial charge in [0.05, 0.1) is 0 Å². The standard InChI is InChI=1S/C16H22/c1-6-7-15(8-12(2)3)16-10-13(4)9-14(5)11-16/h6-7,9-11,15H,2,8H2,1,3-5H3. The van der Waals surface area contributed by atoms with E-state index in [-0.39, 0.29) is 0 Å². The van der Waals surface area contributed by atoms with Crippen LogP contribution in [0.1, 0.15) is 42.9 Å². The second-order valence-corrected chi connectivity index (χ2v) is 4.71. The molecule has 0 saturated heterocycles. The molecule has 0 aliphatic heterocycles. The van der Waals surface area contributed by atoms with Gasteiger partial charge in [-0.15, -0.1) is 6.58 Å². The second kappa shape index (κ2) is 5.69. The molecule has 0 aliphatic carbocycles. The number of allylic oxidation sites excluding steroid dienone is 3. The zero-order chi connectivity index (χ0) is 12.1. The van der Waals surface area contributed by atoms with E-state index in [1.807, 2.05) is 0 Å². The Hall–Kier alpha value is -1.30. The van der Waals surface area contributed by atoms with Gasteiger partial charge in [0.2, 0.25) is 0 Å². The molecule has 86 valence electrons. The number of hydrogen-bond donors (Lipinski definition) is 0. The topological polar surface area (TPSA) is 0 Å². The van der Waals surface area contributed by atoms with Crippen molar-refractivity contribution in [3.63, 3.8) is 0 Å². The van der Waals surface area contributed by atoms with Crippen LogP contribution < -0.4 is 0 Å². The van der Waals surface area contributed by atoms with Gasteiger partial charge in [0.1, 0.15) is 0 Å². The molecule has 0 nitrogen and oxygen atoms in total. The smallest absolute Gasteiger partial charge is 0.00550 e. The zero-order valence-corrected chi connectivity index (χ0v) is 10.9. The summed E-state index contributed by atoms with van der Waals surface area (Å²) in [5.74, 6) is 0.473. The monoisotopic (exact) mass is 214 g/mol. The van der Waals surface area contributed by atoms with Crippen LogP contribution in [0, 0.1) is 13.8 Å². The van der Waals surface area contributed by atoms with Crippen molar-refractivity contribution < 1.29 is 0 Å². The van der Waals surface area contributed by atoms with Gasteiger partial charge in [-0.2, -0.15) is 0 Å². The fraction of sp³-hybridized carbons (Fsp3) is 0.375. The van der Waals surface area contributed by atoms with Gasteiger partial charge in [0.25, 0.3) is 0 Å². The molecule has 1 aromatic rings. The van der Waals surface area contributed by atoms with E-state index >= 15 is 0 Å². The Morgan fingerprint density at radius 2 is 1.81 bits per heavy atom. The van der Waals surface area contributed by atoms with Crippen LogP contribution in [0.15, 0.2) is 42.5 Å². The normalized spacial score (nSPS) is 13.0. The van der Waals surface area contributed by atoms with Gasteiger partial charge in [-0.05, 0) is 39.7 Å². The summed E-state index contributed by atoms with van der Waals surface area (Å²) in [5.41, 5.74) is 5.32. The number of hydrogen-bond acceptors (Lipinski definition) is 0. The van der Waals surface area contributed by atoms with Gasteiger partial charge >= 0.3 is 0 Å². The molecule has 1 atom stereocenters. The fourth-order valence-corrected chi connectivity index (χ4v) is 2.13. The molecule has 0 bridgehead atoms. The Labute approximate surface area is 99.7 Å². The van der Waals surface area contributed by atoms with Crippen LogP contribution in [0.3, 0.4) is 0 Å². The highest BCUT2D eigenvalue weighted by Crippen LogP contribution is 2.26. The molecule has 1 aromatic carbocycles. The van der Waals surface area contributed by atoms with Crippen LogP contribution in [-0.4, -0.2) is 0 Å². The fourth-order valence-electron chi connectivity index (χ4n) is 2.13. The van der Waals surface area contributed by atoms with E-state index in [1.165, 1.54) is 22.3 Å². The maximum Gasteiger partial charge on any atom is 0.00550 e. The minimum Gasteiger partial charge on any atom is -0.100 e. The van der Waals surface area contributed by atoms with E-state index in [4.69, 9.17) is 0 Å². The van der Waals surface area contributed by atoms with E-state index in [9.17, 15) is 0 Å². The van der Waals surface area contributed by atoms with Crippen molar-refractivity contribution >= 4 is 0 Å². The van der Waals surface area contributed by atoms with Crippen molar-refractivity contribution in [2.45, 2.75) is 40.0 Å². The lowest BCUT2D eigenvalue weighted by Crippen LogP contribution is -1.97. The molecule has 0 N–H and O–H groups in total. The maximum atomic E-state index is 4.01. The third-order valence-electron chi connectivity index (χ3n) is 2.67. The zero-order valence-electron chi connectivity index (χ0n) is 10.9. The molecule has 0 heteroatoms. The van der Waals surface area contributed by atoms with E-state index < -0.39 is 0 Å². The molecule has 1 unspecified atom stereocenters. The molecule has 0 amide bonds. The van der Waals surface area contributed by atoms with Crippen molar-refractivity contribution in [1.29, 1.82) is 0 Å². The lowest BCUT2D eigenvalue weighted by Gasteiger charge is -2.15. The lowest BCUT2D eigenvalue weighted by atomic mass is 9.90. The average Bonchev–Trinajstić information content (AvgIpc) is 2.14. The highest BCUT2D eigenvalue weighted by molar-refractivity contribution is 5.33. The summed E-state index contributed by atoms with van der Waals surface area (Å²) >= 11 is 0. The summed E-state index contributed by atoms with van der Waals surface area (Å²) in [6.45, 7) is 12.5. The Balaban J connectivity index is 3.04. The summed E-state index contributed by atoms with van der Waals surface area (Å²) in [6, 6.07) is 6.78. The Bertz CT molecular complexity index is 376. The molecule has 0 saturated carbocycles. The molecular formula is C16H22. The van der Waals surface area contributed by atoms with Crippen LogP contribution in [0.4, 0.5) is 0 Å². The average molecular weight is 214 g/mol. The van der Waals surface area contributed by atoms with Crippen LogP contribution in [0.25, 0.3) is 0 Å². The van der Waals surface area contributed by atoms with Gasteiger partial charge in [0, 0.05) is 5.92 Å². The number of rotatable bonds is 4. The summed E-state index contributed by atoms with van der Waals surface area (Å²) in [4.78, 5) is 0. The largest absolute Gasteiger partial charge is 0.100 e. The van der Waals surface area contributed by atoms with Crippen LogP contribution in [0.2, 0.25) is 0 Å². The third-order valence-corrected chi connectivity index (χ3v) is 2.67. The molecule has 16 heavy (non-hydrogen) atoms. The number of benzene rings is 1. The van der Waals surface area contributed by atoms with Gasteiger partial charge in [-0.3, -0.25) is 0 Å². The Morgan fingerprint density at radius 3 is 2.25 bits per heavy atom.